The van der Waals surface area contributed by atoms with Gasteiger partial charge >= 0.3 is 0 Å². The van der Waals surface area contributed by atoms with Crippen molar-refractivity contribution in [1.82, 2.24) is 15.1 Å². The van der Waals surface area contributed by atoms with Crippen LogP contribution in [-0.4, -0.2) is 66.3 Å². The Bertz CT molecular complexity index is 697. The van der Waals surface area contributed by atoms with Crippen LogP contribution in [-0.2, 0) is 9.59 Å². The summed E-state index contributed by atoms with van der Waals surface area (Å²) in [5.41, 5.74) is 1.19. The van der Waals surface area contributed by atoms with Gasteiger partial charge in [0.15, 0.2) is 0 Å². The van der Waals surface area contributed by atoms with E-state index in [9.17, 15) is 14.4 Å². The molecule has 27 heavy (non-hydrogen) atoms. The zero-order valence-corrected chi connectivity index (χ0v) is 16.4. The van der Waals surface area contributed by atoms with Crippen LogP contribution in [0.4, 0.5) is 5.69 Å². The molecule has 2 heterocycles. The molecular weight excluding hydrogens is 368 g/mol. The molecule has 0 radical (unpaired) electrons. The van der Waals surface area contributed by atoms with Crippen molar-refractivity contribution in [3.8, 4) is 0 Å². The molecule has 0 spiro atoms. The minimum atomic E-state index is -0.0788. The second-order valence-electron chi connectivity index (χ2n) is 6.79. The lowest BCUT2D eigenvalue weighted by molar-refractivity contribution is -0.135. The van der Waals surface area contributed by atoms with E-state index < -0.39 is 0 Å². The van der Waals surface area contributed by atoms with Crippen molar-refractivity contribution < 1.29 is 14.4 Å². The highest BCUT2D eigenvalue weighted by Crippen LogP contribution is 2.20. The second kappa shape index (κ2) is 9.71. The average Bonchev–Trinajstić information content (AvgIpc) is 2.68. The number of carbonyl (C=O) groups excluding carboxylic acids is 3. The number of hydrogen-bond acceptors (Lipinski definition) is 4. The minimum absolute atomic E-state index is 0. The summed E-state index contributed by atoms with van der Waals surface area (Å²) in [4.78, 5) is 40.3. The van der Waals surface area contributed by atoms with Gasteiger partial charge in [-0.2, -0.15) is 0 Å². The Kier molecular flexibility index (Phi) is 7.62. The van der Waals surface area contributed by atoms with Crippen LogP contribution in [0.25, 0.3) is 0 Å². The van der Waals surface area contributed by atoms with E-state index in [1.807, 2.05) is 9.80 Å². The maximum atomic E-state index is 12.9. The number of nitrogens with one attached hydrogen (secondary N) is 2. The normalized spacial score (nSPS) is 20.0. The van der Waals surface area contributed by atoms with Crippen LogP contribution < -0.4 is 10.6 Å². The predicted molar refractivity (Wildman–Crippen MR) is 106 cm³/mol. The summed E-state index contributed by atoms with van der Waals surface area (Å²) >= 11 is 0. The first-order valence-electron chi connectivity index (χ1n) is 9.28. The molecule has 0 saturated carbocycles. The maximum absolute atomic E-state index is 12.9. The van der Waals surface area contributed by atoms with Crippen molar-refractivity contribution in [1.29, 1.82) is 0 Å². The monoisotopic (exact) mass is 394 g/mol. The second-order valence-corrected chi connectivity index (χ2v) is 6.79. The topological polar surface area (TPSA) is 81.8 Å². The first-order valence-corrected chi connectivity index (χ1v) is 9.28. The summed E-state index contributed by atoms with van der Waals surface area (Å²) in [5, 5.41) is 5.87. The molecule has 2 aliphatic heterocycles. The van der Waals surface area contributed by atoms with Gasteiger partial charge in [-0.05, 0) is 31.0 Å². The number of carbonyl (C=O) groups is 3. The van der Waals surface area contributed by atoms with Gasteiger partial charge in [0.05, 0.1) is 6.54 Å². The largest absolute Gasteiger partial charge is 0.337 e. The Morgan fingerprint density at radius 2 is 2.11 bits per heavy atom. The number of piperazine rings is 1. The van der Waals surface area contributed by atoms with Crippen LogP contribution in [0.5, 0.6) is 0 Å². The zero-order valence-electron chi connectivity index (χ0n) is 15.6. The minimum Gasteiger partial charge on any atom is -0.337 e. The van der Waals surface area contributed by atoms with E-state index in [2.05, 4.69) is 10.6 Å². The van der Waals surface area contributed by atoms with Crippen LogP contribution in [0.1, 0.15) is 36.5 Å². The molecule has 0 aromatic heterocycles. The number of amides is 3. The van der Waals surface area contributed by atoms with Gasteiger partial charge in [-0.25, -0.2) is 0 Å². The number of halogens is 1. The molecule has 2 fully saturated rings. The van der Waals surface area contributed by atoms with Crippen molar-refractivity contribution in [3.05, 3.63) is 29.8 Å². The third-order valence-corrected chi connectivity index (χ3v) is 4.96. The fourth-order valence-electron chi connectivity index (χ4n) is 3.56. The molecule has 3 amide bonds. The van der Waals surface area contributed by atoms with E-state index in [4.69, 9.17) is 0 Å². The Hall–Kier alpha value is -2.12. The van der Waals surface area contributed by atoms with Gasteiger partial charge in [-0.3, -0.25) is 14.4 Å². The first kappa shape index (κ1) is 21.2. The fraction of sp³-hybridized carbons (Fsp3) is 0.526. The van der Waals surface area contributed by atoms with E-state index in [-0.39, 0.29) is 36.2 Å². The molecule has 3 rings (SSSR count). The quantitative estimate of drug-likeness (QED) is 0.810. The Balaban J connectivity index is 0.00000261. The molecule has 1 aromatic carbocycles. The van der Waals surface area contributed by atoms with Crippen molar-refractivity contribution in [2.24, 2.45) is 0 Å². The van der Waals surface area contributed by atoms with Crippen molar-refractivity contribution in [2.45, 2.75) is 32.2 Å². The highest BCUT2D eigenvalue weighted by atomic mass is 35.5. The summed E-state index contributed by atoms with van der Waals surface area (Å²) in [6, 6.07) is 7.13. The molecule has 1 unspecified atom stereocenters. The van der Waals surface area contributed by atoms with E-state index >= 15 is 0 Å². The van der Waals surface area contributed by atoms with E-state index in [1.165, 1.54) is 0 Å². The summed E-state index contributed by atoms with van der Waals surface area (Å²) in [7, 11) is 0. The number of anilines is 1. The van der Waals surface area contributed by atoms with Gasteiger partial charge in [0.1, 0.15) is 0 Å². The zero-order chi connectivity index (χ0) is 18.5. The average molecular weight is 395 g/mol. The fourth-order valence-corrected chi connectivity index (χ4v) is 3.56. The first-order chi connectivity index (χ1) is 12.6. The van der Waals surface area contributed by atoms with Crippen LogP contribution in [0, 0.1) is 0 Å². The molecule has 8 heteroatoms. The number of piperidine rings is 1. The number of hydrogen-bond donors (Lipinski definition) is 2. The standard InChI is InChI=1S/C19H26N4O3.ClH/c1-2-17(24)21-15-6-3-5-14(11-15)19(26)22-9-4-7-16(13-22)23-10-8-20-12-18(23)25;/h3,5-6,11,16,20H,2,4,7-10,12-13H2,1H3,(H,21,24);1H. The van der Waals surface area contributed by atoms with Crippen molar-refractivity contribution >= 4 is 35.8 Å². The summed E-state index contributed by atoms with van der Waals surface area (Å²) in [6.07, 6.45) is 2.21. The third-order valence-electron chi connectivity index (χ3n) is 4.96. The van der Waals surface area contributed by atoms with Gasteiger partial charge in [-0.1, -0.05) is 13.0 Å². The number of likely N-dealkylation sites (tertiary alicyclic amines) is 1. The molecule has 148 valence electrons. The van der Waals surface area contributed by atoms with Crippen LogP contribution >= 0.6 is 12.4 Å². The number of benzene rings is 1. The summed E-state index contributed by atoms with van der Waals surface area (Å²) in [6.45, 7) is 4.93. The third kappa shape index (κ3) is 5.20. The smallest absolute Gasteiger partial charge is 0.253 e. The Morgan fingerprint density at radius 1 is 1.30 bits per heavy atom. The lowest BCUT2D eigenvalue weighted by atomic mass is 10.0. The number of nitrogens with zero attached hydrogens (tertiary/aromatic N) is 2. The molecule has 1 atom stereocenters. The van der Waals surface area contributed by atoms with Crippen molar-refractivity contribution in [3.63, 3.8) is 0 Å². The molecule has 1 aromatic rings. The summed E-state index contributed by atoms with van der Waals surface area (Å²) in [5.74, 6) is -0.0189. The molecule has 2 N–H and O–H groups in total. The van der Waals surface area contributed by atoms with E-state index in [0.29, 0.717) is 43.9 Å². The predicted octanol–water partition coefficient (Wildman–Crippen LogP) is 1.49. The van der Waals surface area contributed by atoms with E-state index in [0.717, 1.165) is 19.4 Å². The van der Waals surface area contributed by atoms with Gasteiger partial charge < -0.3 is 20.4 Å². The lowest BCUT2D eigenvalue weighted by Crippen LogP contribution is -2.57. The molecule has 2 aliphatic rings. The molecule has 0 aliphatic carbocycles. The van der Waals surface area contributed by atoms with Crippen LogP contribution in [0.2, 0.25) is 0 Å². The van der Waals surface area contributed by atoms with Gasteiger partial charge in [0.2, 0.25) is 11.8 Å². The van der Waals surface area contributed by atoms with Crippen LogP contribution in [0.3, 0.4) is 0 Å². The van der Waals surface area contributed by atoms with Gasteiger partial charge in [0.25, 0.3) is 5.91 Å². The molecule has 2 saturated heterocycles. The molecule has 0 bridgehead atoms. The van der Waals surface area contributed by atoms with Gasteiger partial charge in [0, 0.05) is 49.9 Å². The van der Waals surface area contributed by atoms with E-state index in [1.54, 1.807) is 31.2 Å². The highest BCUT2D eigenvalue weighted by Gasteiger charge is 2.31. The SMILES string of the molecule is CCC(=O)Nc1cccc(C(=O)N2CCCC(N3CCNCC3=O)C2)c1.Cl. The maximum Gasteiger partial charge on any atom is 0.253 e. The lowest BCUT2D eigenvalue weighted by Gasteiger charge is -2.41. The highest BCUT2D eigenvalue weighted by molar-refractivity contribution is 5.97. The Morgan fingerprint density at radius 3 is 2.85 bits per heavy atom. The number of rotatable bonds is 4. The van der Waals surface area contributed by atoms with Crippen molar-refractivity contribution in [2.75, 3.05) is 38.0 Å². The summed E-state index contributed by atoms with van der Waals surface area (Å²) < 4.78 is 0. The molecular formula is C19H27ClN4O3. The molecule has 7 nitrogen and oxygen atoms in total. The van der Waals surface area contributed by atoms with Crippen LogP contribution in [0.15, 0.2) is 24.3 Å². The Labute approximate surface area is 165 Å². The van der Waals surface area contributed by atoms with Gasteiger partial charge in [-0.15, -0.1) is 12.4 Å².